The van der Waals surface area contributed by atoms with Gasteiger partial charge in [-0.2, -0.15) is 0 Å². The summed E-state index contributed by atoms with van der Waals surface area (Å²) < 4.78 is 6.50. The third-order valence-corrected chi connectivity index (χ3v) is 5.48. The summed E-state index contributed by atoms with van der Waals surface area (Å²) in [5.41, 5.74) is 4.46. The van der Waals surface area contributed by atoms with Crippen LogP contribution in [0, 0.1) is 6.92 Å². The van der Waals surface area contributed by atoms with E-state index in [-0.39, 0.29) is 18.0 Å². The number of anilines is 1. The van der Waals surface area contributed by atoms with Gasteiger partial charge >= 0.3 is 0 Å². The largest absolute Gasteiger partial charge is 0.497 e. The average molecular weight is 418 g/mol. The van der Waals surface area contributed by atoms with Gasteiger partial charge in [0.1, 0.15) is 12.3 Å². The summed E-state index contributed by atoms with van der Waals surface area (Å²) >= 11 is 0. The van der Waals surface area contributed by atoms with E-state index in [0.717, 1.165) is 25.2 Å². The van der Waals surface area contributed by atoms with Gasteiger partial charge in [0.2, 0.25) is 5.91 Å². The molecular formula is C24H26N4O3. The van der Waals surface area contributed by atoms with Crippen molar-refractivity contribution >= 4 is 11.6 Å². The van der Waals surface area contributed by atoms with Gasteiger partial charge in [-0.3, -0.25) is 19.1 Å². The van der Waals surface area contributed by atoms with Gasteiger partial charge in [0.25, 0.3) is 5.56 Å². The van der Waals surface area contributed by atoms with Gasteiger partial charge in [0.05, 0.1) is 24.7 Å². The third kappa shape index (κ3) is 5.00. The molecule has 0 unspecified atom stereocenters. The van der Waals surface area contributed by atoms with Gasteiger partial charge in [-0.15, -0.1) is 0 Å². The maximum Gasteiger partial charge on any atom is 0.258 e. The number of hydrogen-bond acceptors (Lipinski definition) is 5. The van der Waals surface area contributed by atoms with E-state index in [0.29, 0.717) is 23.5 Å². The number of aryl methyl sites for hydroxylation is 1. The van der Waals surface area contributed by atoms with Crippen molar-refractivity contribution in [3.63, 3.8) is 0 Å². The molecule has 1 aliphatic rings. The summed E-state index contributed by atoms with van der Waals surface area (Å²) in [6, 6.07) is 15.5. The van der Waals surface area contributed by atoms with Crippen LogP contribution in [0.25, 0.3) is 0 Å². The number of carbonyl (C=O) groups is 1. The van der Waals surface area contributed by atoms with Crippen LogP contribution in [0.5, 0.6) is 5.75 Å². The second-order valence-electron chi connectivity index (χ2n) is 7.83. The molecule has 1 aromatic heterocycles. The summed E-state index contributed by atoms with van der Waals surface area (Å²) in [6.45, 7) is 4.17. The number of rotatable bonds is 6. The normalized spacial score (nSPS) is 13.5. The molecule has 0 fully saturated rings. The van der Waals surface area contributed by atoms with Crippen LogP contribution in [-0.2, 0) is 30.8 Å². The molecule has 31 heavy (non-hydrogen) atoms. The predicted octanol–water partition coefficient (Wildman–Crippen LogP) is 2.76. The zero-order valence-corrected chi connectivity index (χ0v) is 17.8. The van der Waals surface area contributed by atoms with Crippen molar-refractivity contribution in [2.24, 2.45) is 0 Å². The van der Waals surface area contributed by atoms with Crippen LogP contribution in [0.2, 0.25) is 0 Å². The van der Waals surface area contributed by atoms with Crippen molar-refractivity contribution in [1.29, 1.82) is 0 Å². The Morgan fingerprint density at radius 1 is 1.13 bits per heavy atom. The molecule has 2 heterocycles. The van der Waals surface area contributed by atoms with Crippen LogP contribution >= 0.6 is 0 Å². The molecule has 0 atom stereocenters. The van der Waals surface area contributed by atoms with Crippen molar-refractivity contribution in [3.8, 4) is 5.75 Å². The quantitative estimate of drug-likeness (QED) is 0.666. The van der Waals surface area contributed by atoms with Crippen LogP contribution in [0.1, 0.15) is 22.4 Å². The summed E-state index contributed by atoms with van der Waals surface area (Å²) in [5, 5.41) is 2.80. The zero-order chi connectivity index (χ0) is 21.8. The number of ether oxygens (including phenoxy) is 1. The topological polar surface area (TPSA) is 76.5 Å². The maximum absolute atomic E-state index is 13.0. The number of nitrogens with one attached hydrogen (secondary N) is 1. The Hall–Kier alpha value is -3.45. The highest BCUT2D eigenvalue weighted by Crippen LogP contribution is 2.17. The van der Waals surface area contributed by atoms with Crippen molar-refractivity contribution in [2.45, 2.75) is 33.0 Å². The number of aromatic nitrogens is 2. The molecule has 2 aromatic carbocycles. The number of fused-ring (bicyclic) bond motifs is 1. The molecule has 0 radical (unpaired) electrons. The summed E-state index contributed by atoms with van der Waals surface area (Å²) in [7, 11) is 1.59. The number of methoxy groups -OCH3 is 1. The molecule has 0 bridgehead atoms. The molecule has 3 aromatic rings. The van der Waals surface area contributed by atoms with E-state index in [1.165, 1.54) is 22.0 Å². The van der Waals surface area contributed by atoms with Gasteiger partial charge in [0.15, 0.2) is 0 Å². The first kappa shape index (κ1) is 20.8. The predicted molar refractivity (Wildman–Crippen MR) is 119 cm³/mol. The molecule has 1 aliphatic heterocycles. The SMILES string of the molecule is COc1ccc(NC(=O)Cn2cnc3c(c2=O)CN(Cc2ccc(C)cc2)CC3)cc1. The van der Waals surface area contributed by atoms with Crippen molar-refractivity contribution in [1.82, 2.24) is 14.5 Å². The first-order chi connectivity index (χ1) is 15.0. The molecule has 7 heteroatoms. The maximum atomic E-state index is 13.0. The van der Waals surface area contributed by atoms with E-state index in [4.69, 9.17) is 4.74 Å². The van der Waals surface area contributed by atoms with E-state index in [1.54, 1.807) is 31.4 Å². The fraction of sp³-hybridized carbons (Fsp3) is 0.292. The minimum Gasteiger partial charge on any atom is -0.497 e. The molecule has 160 valence electrons. The molecule has 1 amide bonds. The lowest BCUT2D eigenvalue weighted by Crippen LogP contribution is -2.38. The van der Waals surface area contributed by atoms with E-state index >= 15 is 0 Å². The van der Waals surface area contributed by atoms with Gasteiger partial charge < -0.3 is 10.1 Å². The van der Waals surface area contributed by atoms with Crippen molar-refractivity contribution in [2.75, 3.05) is 19.0 Å². The lowest BCUT2D eigenvalue weighted by molar-refractivity contribution is -0.116. The minimum absolute atomic E-state index is 0.0803. The van der Waals surface area contributed by atoms with E-state index in [1.807, 2.05) is 0 Å². The summed E-state index contributed by atoms with van der Waals surface area (Å²) in [4.78, 5) is 32.2. The van der Waals surface area contributed by atoms with Crippen LogP contribution in [0.15, 0.2) is 59.7 Å². The minimum atomic E-state index is -0.277. The second-order valence-corrected chi connectivity index (χ2v) is 7.83. The third-order valence-electron chi connectivity index (χ3n) is 5.48. The van der Waals surface area contributed by atoms with E-state index in [2.05, 4.69) is 46.4 Å². The van der Waals surface area contributed by atoms with E-state index in [9.17, 15) is 9.59 Å². The van der Waals surface area contributed by atoms with Crippen LogP contribution in [0.3, 0.4) is 0 Å². The Kier molecular flexibility index (Phi) is 6.13. The molecular weight excluding hydrogens is 392 g/mol. The summed E-state index contributed by atoms with van der Waals surface area (Å²) in [5.74, 6) is 0.435. The molecule has 0 spiro atoms. The molecule has 0 saturated carbocycles. The zero-order valence-electron chi connectivity index (χ0n) is 17.8. The molecule has 0 saturated heterocycles. The van der Waals surface area contributed by atoms with Crippen LogP contribution < -0.4 is 15.6 Å². The fourth-order valence-electron chi connectivity index (χ4n) is 3.74. The van der Waals surface area contributed by atoms with E-state index < -0.39 is 0 Å². The highest BCUT2D eigenvalue weighted by atomic mass is 16.5. The molecule has 7 nitrogen and oxygen atoms in total. The van der Waals surface area contributed by atoms with Gasteiger partial charge in [-0.05, 0) is 36.8 Å². The Morgan fingerprint density at radius 2 is 1.87 bits per heavy atom. The lowest BCUT2D eigenvalue weighted by atomic mass is 10.1. The Bertz CT molecular complexity index is 1120. The summed E-state index contributed by atoms with van der Waals surface area (Å²) in [6.07, 6.45) is 2.21. The number of carbonyl (C=O) groups excluding carboxylic acids is 1. The van der Waals surface area contributed by atoms with Gasteiger partial charge in [0, 0.05) is 31.7 Å². The Morgan fingerprint density at radius 3 is 2.58 bits per heavy atom. The highest BCUT2D eigenvalue weighted by Gasteiger charge is 2.22. The lowest BCUT2D eigenvalue weighted by Gasteiger charge is -2.28. The first-order valence-corrected chi connectivity index (χ1v) is 10.3. The average Bonchev–Trinajstić information content (AvgIpc) is 2.78. The van der Waals surface area contributed by atoms with Crippen LogP contribution in [0.4, 0.5) is 5.69 Å². The molecule has 0 aliphatic carbocycles. The monoisotopic (exact) mass is 418 g/mol. The van der Waals surface area contributed by atoms with Gasteiger partial charge in [-0.25, -0.2) is 4.98 Å². The number of nitrogens with zero attached hydrogens (tertiary/aromatic N) is 3. The number of amides is 1. The molecule has 1 N–H and O–H groups in total. The number of hydrogen-bond donors (Lipinski definition) is 1. The smallest absolute Gasteiger partial charge is 0.258 e. The molecule has 4 rings (SSSR count). The number of benzene rings is 2. The second kappa shape index (κ2) is 9.14. The fourth-order valence-corrected chi connectivity index (χ4v) is 3.74. The highest BCUT2D eigenvalue weighted by molar-refractivity contribution is 5.90. The Labute approximate surface area is 181 Å². The van der Waals surface area contributed by atoms with Crippen molar-refractivity contribution in [3.05, 3.63) is 87.6 Å². The first-order valence-electron chi connectivity index (χ1n) is 10.3. The van der Waals surface area contributed by atoms with Gasteiger partial charge in [-0.1, -0.05) is 29.8 Å². The van der Waals surface area contributed by atoms with Crippen molar-refractivity contribution < 1.29 is 9.53 Å². The van der Waals surface area contributed by atoms with Crippen LogP contribution in [-0.4, -0.2) is 34.0 Å². The Balaban J connectivity index is 1.44. The standard InChI is InChI=1S/C24H26N4O3/c1-17-3-5-18(6-4-17)13-27-12-11-22-21(14-27)24(30)28(16-25-22)15-23(29)26-19-7-9-20(31-2)10-8-19/h3-10,16H,11-15H2,1-2H3,(H,26,29).